The highest BCUT2D eigenvalue weighted by Gasteiger charge is 2.15. The number of hydrogen-bond acceptors (Lipinski definition) is 3. The Kier molecular flexibility index (Phi) is 4.42. The first-order valence-corrected chi connectivity index (χ1v) is 6.80. The van der Waals surface area contributed by atoms with E-state index in [1.807, 2.05) is 10.9 Å². The fraction of sp³-hybridized carbons (Fsp3) is 0.769. The second kappa shape index (κ2) is 6.05. The van der Waals surface area contributed by atoms with Gasteiger partial charge >= 0.3 is 0 Å². The van der Waals surface area contributed by atoms with Crippen LogP contribution in [0.3, 0.4) is 0 Å². The van der Waals surface area contributed by atoms with Crippen LogP contribution in [0.25, 0.3) is 0 Å². The maximum atomic E-state index is 4.27. The van der Waals surface area contributed by atoms with Crippen molar-refractivity contribution in [2.24, 2.45) is 0 Å². The summed E-state index contributed by atoms with van der Waals surface area (Å²) in [6.45, 7) is 6.47. The van der Waals surface area contributed by atoms with Gasteiger partial charge < -0.3 is 10.6 Å². The van der Waals surface area contributed by atoms with E-state index in [0.717, 1.165) is 12.2 Å². The fourth-order valence-corrected chi connectivity index (χ4v) is 2.51. The number of hydrogen-bond donors (Lipinski definition) is 2. The van der Waals surface area contributed by atoms with Gasteiger partial charge in [-0.3, -0.25) is 4.68 Å². The van der Waals surface area contributed by atoms with Gasteiger partial charge in [-0.1, -0.05) is 6.42 Å². The maximum Gasteiger partial charge on any atom is 0.0728 e. The van der Waals surface area contributed by atoms with Gasteiger partial charge in [0.2, 0.25) is 0 Å². The molecule has 2 unspecified atom stereocenters. The highest BCUT2D eigenvalue weighted by atomic mass is 15.3. The smallest absolute Gasteiger partial charge is 0.0728 e. The molecule has 4 nitrogen and oxygen atoms in total. The van der Waals surface area contributed by atoms with Crippen molar-refractivity contribution in [2.45, 2.75) is 58.2 Å². The zero-order valence-corrected chi connectivity index (χ0v) is 10.9. The number of rotatable bonds is 5. The highest BCUT2D eigenvalue weighted by molar-refractivity contribution is 5.39. The van der Waals surface area contributed by atoms with E-state index >= 15 is 0 Å². The summed E-state index contributed by atoms with van der Waals surface area (Å²) in [6, 6.07) is 1.19. The predicted molar refractivity (Wildman–Crippen MR) is 71.2 cm³/mol. The van der Waals surface area contributed by atoms with E-state index in [1.165, 1.54) is 32.2 Å². The summed E-state index contributed by atoms with van der Waals surface area (Å²) < 4.78 is 1.95. The molecule has 0 amide bonds. The van der Waals surface area contributed by atoms with Crippen molar-refractivity contribution >= 4 is 5.69 Å². The molecule has 1 aromatic heterocycles. The summed E-state index contributed by atoms with van der Waals surface area (Å²) in [5.74, 6) is 0. The Morgan fingerprint density at radius 2 is 2.47 bits per heavy atom. The van der Waals surface area contributed by atoms with Gasteiger partial charge in [-0.05, 0) is 39.7 Å². The van der Waals surface area contributed by atoms with Crippen LogP contribution in [0.5, 0.6) is 0 Å². The SMILES string of the molecule is CCn1cc(NC(C)CC2CCCCN2)cn1. The van der Waals surface area contributed by atoms with Crippen molar-refractivity contribution in [3.8, 4) is 0 Å². The second-order valence-electron chi connectivity index (χ2n) is 5.01. The van der Waals surface area contributed by atoms with Gasteiger partial charge in [0, 0.05) is 24.8 Å². The number of aromatic nitrogens is 2. The lowest BCUT2D eigenvalue weighted by molar-refractivity contribution is 0.371. The molecule has 4 heteroatoms. The molecule has 1 saturated heterocycles. The van der Waals surface area contributed by atoms with Crippen LogP contribution in [0, 0.1) is 0 Å². The van der Waals surface area contributed by atoms with Gasteiger partial charge in [-0.15, -0.1) is 0 Å². The third-order valence-corrected chi connectivity index (χ3v) is 3.42. The Bertz CT molecular complexity index is 328. The molecule has 0 radical (unpaired) electrons. The summed E-state index contributed by atoms with van der Waals surface area (Å²) >= 11 is 0. The van der Waals surface area contributed by atoms with E-state index in [2.05, 4.69) is 35.8 Å². The first-order chi connectivity index (χ1) is 8.28. The summed E-state index contributed by atoms with van der Waals surface area (Å²) in [4.78, 5) is 0. The van der Waals surface area contributed by atoms with Crippen LogP contribution in [0.15, 0.2) is 12.4 Å². The number of piperidine rings is 1. The number of aryl methyl sites for hydroxylation is 1. The third kappa shape index (κ3) is 3.73. The van der Waals surface area contributed by atoms with Gasteiger partial charge in [0.1, 0.15) is 0 Å². The standard InChI is InChI=1S/C13H24N4/c1-3-17-10-13(9-15-17)16-11(2)8-12-6-4-5-7-14-12/h9-12,14,16H,3-8H2,1-2H3. The van der Waals surface area contributed by atoms with Crippen LogP contribution in [-0.2, 0) is 6.54 Å². The zero-order chi connectivity index (χ0) is 12.1. The molecule has 1 aliphatic rings. The topological polar surface area (TPSA) is 41.9 Å². The molecule has 96 valence electrons. The largest absolute Gasteiger partial charge is 0.380 e. The van der Waals surface area contributed by atoms with E-state index in [4.69, 9.17) is 0 Å². The maximum absolute atomic E-state index is 4.27. The minimum atomic E-state index is 0.500. The first-order valence-electron chi connectivity index (χ1n) is 6.80. The Morgan fingerprint density at radius 3 is 3.12 bits per heavy atom. The second-order valence-corrected chi connectivity index (χ2v) is 5.01. The molecule has 2 rings (SSSR count). The molecule has 0 aromatic carbocycles. The van der Waals surface area contributed by atoms with Crippen molar-refractivity contribution in [3.05, 3.63) is 12.4 Å². The number of anilines is 1. The lowest BCUT2D eigenvalue weighted by Gasteiger charge is -2.26. The first kappa shape index (κ1) is 12.4. The predicted octanol–water partition coefficient (Wildman–Crippen LogP) is 2.24. The molecule has 1 fully saturated rings. The fourth-order valence-electron chi connectivity index (χ4n) is 2.51. The molecule has 2 N–H and O–H groups in total. The molecule has 2 atom stereocenters. The molecule has 1 aliphatic heterocycles. The van der Waals surface area contributed by atoms with Crippen molar-refractivity contribution < 1.29 is 0 Å². The van der Waals surface area contributed by atoms with Crippen LogP contribution < -0.4 is 10.6 Å². The van der Waals surface area contributed by atoms with Crippen LogP contribution >= 0.6 is 0 Å². The molecule has 0 bridgehead atoms. The van der Waals surface area contributed by atoms with E-state index in [-0.39, 0.29) is 0 Å². The third-order valence-electron chi connectivity index (χ3n) is 3.42. The molecular formula is C13H24N4. The van der Waals surface area contributed by atoms with Gasteiger partial charge in [0.15, 0.2) is 0 Å². The van der Waals surface area contributed by atoms with Gasteiger partial charge in [0.05, 0.1) is 11.9 Å². The van der Waals surface area contributed by atoms with Crippen LogP contribution in [0.1, 0.15) is 39.5 Å². The molecular weight excluding hydrogens is 212 g/mol. The Labute approximate surface area is 104 Å². The average Bonchev–Trinajstić information content (AvgIpc) is 2.78. The van der Waals surface area contributed by atoms with E-state index in [9.17, 15) is 0 Å². The zero-order valence-electron chi connectivity index (χ0n) is 10.9. The summed E-state index contributed by atoms with van der Waals surface area (Å²) in [7, 11) is 0. The molecule has 2 heterocycles. The van der Waals surface area contributed by atoms with Crippen molar-refractivity contribution in [3.63, 3.8) is 0 Å². The van der Waals surface area contributed by atoms with Crippen molar-refractivity contribution in [2.75, 3.05) is 11.9 Å². The molecule has 17 heavy (non-hydrogen) atoms. The van der Waals surface area contributed by atoms with Crippen LogP contribution in [-0.4, -0.2) is 28.4 Å². The lowest BCUT2D eigenvalue weighted by Crippen LogP contribution is -2.37. The molecule has 0 spiro atoms. The Morgan fingerprint density at radius 1 is 1.59 bits per heavy atom. The molecule has 0 aliphatic carbocycles. The van der Waals surface area contributed by atoms with E-state index in [1.54, 1.807) is 0 Å². The minimum absolute atomic E-state index is 0.500. The number of nitrogens with one attached hydrogen (secondary N) is 2. The molecule has 1 aromatic rings. The van der Waals surface area contributed by atoms with Gasteiger partial charge in [0.25, 0.3) is 0 Å². The highest BCUT2D eigenvalue weighted by Crippen LogP contribution is 2.15. The van der Waals surface area contributed by atoms with Crippen LogP contribution in [0.4, 0.5) is 5.69 Å². The average molecular weight is 236 g/mol. The Balaban J connectivity index is 1.77. The van der Waals surface area contributed by atoms with Crippen molar-refractivity contribution in [1.29, 1.82) is 0 Å². The van der Waals surface area contributed by atoms with Gasteiger partial charge in [-0.2, -0.15) is 5.10 Å². The summed E-state index contributed by atoms with van der Waals surface area (Å²) in [5, 5.41) is 11.4. The number of nitrogens with zero attached hydrogens (tertiary/aromatic N) is 2. The normalized spacial score (nSPS) is 22.4. The Hall–Kier alpha value is -1.03. The quantitative estimate of drug-likeness (QED) is 0.824. The monoisotopic (exact) mass is 236 g/mol. The summed E-state index contributed by atoms with van der Waals surface area (Å²) in [5.41, 5.74) is 1.13. The van der Waals surface area contributed by atoms with Gasteiger partial charge in [-0.25, -0.2) is 0 Å². The van der Waals surface area contributed by atoms with Crippen LogP contribution in [0.2, 0.25) is 0 Å². The summed E-state index contributed by atoms with van der Waals surface area (Å²) in [6.07, 6.45) is 9.20. The van der Waals surface area contributed by atoms with E-state index < -0.39 is 0 Å². The lowest BCUT2D eigenvalue weighted by atomic mass is 9.99. The minimum Gasteiger partial charge on any atom is -0.380 e. The molecule has 0 saturated carbocycles. The van der Waals surface area contributed by atoms with E-state index in [0.29, 0.717) is 12.1 Å². The van der Waals surface area contributed by atoms with Crippen molar-refractivity contribution in [1.82, 2.24) is 15.1 Å².